The fourth-order valence-corrected chi connectivity index (χ4v) is 1.78. The average Bonchev–Trinajstić information content (AvgIpc) is 2.96. The topological polar surface area (TPSA) is 84.9 Å². The van der Waals surface area contributed by atoms with Crippen molar-refractivity contribution >= 4 is 23.0 Å². The lowest BCUT2D eigenvalue weighted by Gasteiger charge is -1.91. The monoisotopic (exact) mass is 249 g/mol. The van der Waals surface area contributed by atoms with Gasteiger partial charge >= 0.3 is 0 Å². The maximum absolute atomic E-state index is 11.7. The first-order valence-electron chi connectivity index (χ1n) is 4.76. The highest BCUT2D eigenvalue weighted by Crippen LogP contribution is 2.22. The van der Waals surface area contributed by atoms with Crippen LogP contribution in [0.15, 0.2) is 37.2 Å². The number of nitrogens with one attached hydrogen (secondary N) is 1. The molecule has 0 amide bonds. The van der Waals surface area contributed by atoms with Gasteiger partial charge in [-0.1, -0.05) is 11.8 Å². The number of aromatic amines is 1. The van der Waals surface area contributed by atoms with Gasteiger partial charge in [0.1, 0.15) is 0 Å². The van der Waals surface area contributed by atoms with Gasteiger partial charge < -0.3 is 8.83 Å². The van der Waals surface area contributed by atoms with Gasteiger partial charge in [-0.05, 0) is 18.4 Å². The normalized spacial score (nSPS) is 11.1. The minimum absolute atomic E-state index is 0.175. The van der Waals surface area contributed by atoms with Gasteiger partial charge in [0.15, 0.2) is 16.4 Å². The fourth-order valence-electron chi connectivity index (χ4n) is 1.41. The summed E-state index contributed by atoms with van der Waals surface area (Å²) < 4.78 is 10.5. The van der Waals surface area contributed by atoms with E-state index in [1.54, 1.807) is 12.1 Å². The molecule has 3 heterocycles. The maximum atomic E-state index is 11.7. The Morgan fingerprint density at radius 3 is 3.00 bits per heavy atom. The van der Waals surface area contributed by atoms with Crippen molar-refractivity contribution in [1.29, 1.82) is 0 Å². The summed E-state index contributed by atoms with van der Waals surface area (Å²) in [4.78, 5) is 22.5. The van der Waals surface area contributed by atoms with Gasteiger partial charge in [0.05, 0.1) is 6.26 Å². The quantitative estimate of drug-likeness (QED) is 0.551. The van der Waals surface area contributed by atoms with E-state index in [1.165, 1.54) is 18.0 Å². The second kappa shape index (κ2) is 3.77. The molecule has 6 nitrogen and oxygen atoms in total. The summed E-state index contributed by atoms with van der Waals surface area (Å²) in [5.41, 5.74) is 0.0691. The summed E-state index contributed by atoms with van der Waals surface area (Å²) in [5.74, 6) is 0.717. The van der Waals surface area contributed by atoms with Gasteiger partial charge in [0.2, 0.25) is 0 Å². The maximum Gasteiger partial charge on any atom is 0.281 e. The third-order valence-electron chi connectivity index (χ3n) is 2.17. The van der Waals surface area contributed by atoms with Crippen LogP contribution in [0.3, 0.4) is 0 Å². The Hall–Kier alpha value is -2.02. The lowest BCUT2D eigenvalue weighted by molar-refractivity contribution is 0.530. The minimum Gasteiger partial charge on any atom is -0.459 e. The van der Waals surface area contributed by atoms with E-state index in [0.29, 0.717) is 10.9 Å². The molecule has 0 aromatic carbocycles. The first-order valence-corrected chi connectivity index (χ1v) is 5.99. The minimum atomic E-state index is -0.319. The second-order valence-electron chi connectivity index (χ2n) is 3.23. The molecule has 0 fully saturated rings. The molecular weight excluding hydrogens is 242 g/mol. The van der Waals surface area contributed by atoms with E-state index in [9.17, 15) is 4.79 Å². The Bertz CT molecular complexity index is 714. The highest BCUT2D eigenvalue weighted by atomic mass is 32.2. The Kier molecular flexibility index (Phi) is 2.25. The van der Waals surface area contributed by atoms with Gasteiger partial charge in [-0.25, -0.2) is 0 Å². The van der Waals surface area contributed by atoms with Crippen LogP contribution in [0.4, 0.5) is 0 Å². The van der Waals surface area contributed by atoms with Crippen molar-refractivity contribution in [3.05, 3.63) is 28.7 Å². The number of nitrogens with zero attached hydrogens (tertiary/aromatic N) is 2. The van der Waals surface area contributed by atoms with Gasteiger partial charge in [0.25, 0.3) is 17.2 Å². The molecule has 3 rings (SSSR count). The molecule has 3 aromatic rings. The van der Waals surface area contributed by atoms with Crippen LogP contribution in [0.1, 0.15) is 0 Å². The standard InChI is InChI=1S/C10H7N3O3S/c1-17-10-12-7(14)6-9(13-10)16-8(11-6)5-3-2-4-15-5/h2-4H,1H3,(H,12,13,14). The van der Waals surface area contributed by atoms with E-state index in [1.807, 2.05) is 6.26 Å². The largest absolute Gasteiger partial charge is 0.459 e. The molecule has 0 saturated carbocycles. The molecule has 0 saturated heterocycles. The number of hydrogen-bond donors (Lipinski definition) is 1. The summed E-state index contributed by atoms with van der Waals surface area (Å²) >= 11 is 1.33. The van der Waals surface area contributed by atoms with Crippen LogP contribution in [0.5, 0.6) is 0 Å². The molecule has 0 atom stereocenters. The molecular formula is C10H7N3O3S. The molecule has 0 radical (unpaired) electrons. The van der Waals surface area contributed by atoms with Gasteiger partial charge in [-0.15, -0.1) is 0 Å². The molecule has 0 unspecified atom stereocenters. The van der Waals surface area contributed by atoms with E-state index in [2.05, 4.69) is 15.0 Å². The van der Waals surface area contributed by atoms with Crippen molar-refractivity contribution in [2.45, 2.75) is 5.16 Å². The Balaban J connectivity index is 2.26. The van der Waals surface area contributed by atoms with Crippen LogP contribution in [0.25, 0.3) is 22.9 Å². The third kappa shape index (κ3) is 1.64. The number of rotatable bonds is 2. The molecule has 3 aromatic heterocycles. The number of H-pyrrole nitrogens is 1. The van der Waals surface area contributed by atoms with Crippen molar-refractivity contribution < 1.29 is 8.83 Å². The van der Waals surface area contributed by atoms with Crippen molar-refractivity contribution in [3.8, 4) is 11.7 Å². The molecule has 0 aliphatic rings. The molecule has 17 heavy (non-hydrogen) atoms. The third-order valence-corrected chi connectivity index (χ3v) is 2.75. The lowest BCUT2D eigenvalue weighted by atomic mass is 10.4. The van der Waals surface area contributed by atoms with E-state index < -0.39 is 0 Å². The fraction of sp³-hybridized carbons (Fsp3) is 0.100. The van der Waals surface area contributed by atoms with Crippen LogP contribution in [-0.4, -0.2) is 21.2 Å². The Morgan fingerprint density at radius 2 is 2.29 bits per heavy atom. The first-order chi connectivity index (χ1) is 8.28. The van der Waals surface area contributed by atoms with Gasteiger partial charge in [0, 0.05) is 0 Å². The molecule has 0 aliphatic heterocycles. The summed E-state index contributed by atoms with van der Waals surface area (Å²) in [6.07, 6.45) is 3.32. The van der Waals surface area contributed by atoms with Crippen molar-refractivity contribution in [2.24, 2.45) is 0 Å². The van der Waals surface area contributed by atoms with E-state index >= 15 is 0 Å². The van der Waals surface area contributed by atoms with Gasteiger partial charge in [-0.3, -0.25) is 9.78 Å². The van der Waals surface area contributed by atoms with Crippen LogP contribution >= 0.6 is 11.8 Å². The summed E-state index contributed by atoms with van der Waals surface area (Å²) in [7, 11) is 0. The summed E-state index contributed by atoms with van der Waals surface area (Å²) in [6, 6.07) is 3.42. The number of hydrogen-bond acceptors (Lipinski definition) is 6. The van der Waals surface area contributed by atoms with Crippen molar-refractivity contribution in [1.82, 2.24) is 15.0 Å². The van der Waals surface area contributed by atoms with Crippen molar-refractivity contribution in [2.75, 3.05) is 6.26 Å². The van der Waals surface area contributed by atoms with E-state index in [4.69, 9.17) is 8.83 Å². The smallest absolute Gasteiger partial charge is 0.281 e. The SMILES string of the molecule is CSc1nc2oc(-c3ccco3)nc2c(=O)[nH]1. The van der Waals surface area contributed by atoms with Crippen LogP contribution < -0.4 is 5.56 Å². The van der Waals surface area contributed by atoms with Crippen LogP contribution in [0.2, 0.25) is 0 Å². The van der Waals surface area contributed by atoms with Gasteiger partial charge in [-0.2, -0.15) is 9.97 Å². The molecule has 7 heteroatoms. The molecule has 0 aliphatic carbocycles. The number of fused-ring (bicyclic) bond motifs is 1. The van der Waals surface area contributed by atoms with E-state index in [0.717, 1.165) is 0 Å². The van der Waals surface area contributed by atoms with Crippen LogP contribution in [-0.2, 0) is 0 Å². The molecule has 0 bridgehead atoms. The lowest BCUT2D eigenvalue weighted by Crippen LogP contribution is -2.08. The van der Waals surface area contributed by atoms with E-state index in [-0.39, 0.29) is 22.7 Å². The molecule has 86 valence electrons. The number of oxazole rings is 1. The Morgan fingerprint density at radius 1 is 1.41 bits per heavy atom. The zero-order valence-corrected chi connectivity index (χ0v) is 9.58. The van der Waals surface area contributed by atoms with Crippen LogP contribution in [0, 0.1) is 0 Å². The van der Waals surface area contributed by atoms with Crippen molar-refractivity contribution in [3.63, 3.8) is 0 Å². The summed E-state index contributed by atoms with van der Waals surface area (Å²) in [6.45, 7) is 0. The highest BCUT2D eigenvalue weighted by Gasteiger charge is 2.14. The zero-order chi connectivity index (χ0) is 11.8. The first kappa shape index (κ1) is 10.2. The number of aromatic nitrogens is 3. The molecule has 1 N–H and O–H groups in total. The zero-order valence-electron chi connectivity index (χ0n) is 8.76. The Labute approximate surface area is 99.1 Å². The average molecular weight is 249 g/mol. The summed E-state index contributed by atoms with van der Waals surface area (Å²) in [5, 5.41) is 0.490. The predicted octanol–water partition coefficient (Wildman–Crippen LogP) is 1.89. The second-order valence-corrected chi connectivity index (χ2v) is 4.02. The number of thioether (sulfide) groups is 1. The number of furan rings is 1. The highest BCUT2D eigenvalue weighted by molar-refractivity contribution is 7.98. The molecule has 0 spiro atoms. The predicted molar refractivity (Wildman–Crippen MR) is 61.9 cm³/mol.